The SMILES string of the molecule is COc1cc(C2SCCS2)ccc1OC(=O)CSc1ccc([N+](=O)[O-])cc1. The number of ether oxygens (including phenoxy) is 2. The smallest absolute Gasteiger partial charge is 0.321 e. The second-order valence-electron chi connectivity index (χ2n) is 5.50. The Hall–Kier alpha value is -1.84. The van der Waals surface area contributed by atoms with E-state index in [0.717, 1.165) is 22.0 Å². The molecule has 0 bridgehead atoms. The molecule has 0 atom stereocenters. The van der Waals surface area contributed by atoms with Gasteiger partial charge in [0, 0.05) is 28.5 Å². The summed E-state index contributed by atoms with van der Waals surface area (Å²) in [5.41, 5.74) is 1.17. The minimum Gasteiger partial charge on any atom is -0.493 e. The molecule has 9 heteroatoms. The fourth-order valence-electron chi connectivity index (χ4n) is 2.42. The molecule has 0 amide bonds. The number of thioether (sulfide) groups is 3. The molecule has 0 aromatic heterocycles. The first kappa shape index (κ1) is 19.9. The largest absolute Gasteiger partial charge is 0.493 e. The third-order valence-corrected chi connectivity index (χ3v) is 7.80. The van der Waals surface area contributed by atoms with Crippen molar-refractivity contribution >= 4 is 46.9 Å². The number of esters is 1. The summed E-state index contributed by atoms with van der Waals surface area (Å²) >= 11 is 5.05. The van der Waals surface area contributed by atoms with Crippen LogP contribution < -0.4 is 9.47 Å². The summed E-state index contributed by atoms with van der Waals surface area (Å²) in [6.45, 7) is 0. The average molecular weight is 424 g/mol. The highest BCUT2D eigenvalue weighted by Gasteiger charge is 2.20. The van der Waals surface area contributed by atoms with E-state index in [9.17, 15) is 14.9 Å². The number of hydrogen-bond acceptors (Lipinski definition) is 8. The van der Waals surface area contributed by atoms with Gasteiger partial charge in [0.05, 0.1) is 22.4 Å². The number of carbonyl (C=O) groups is 1. The van der Waals surface area contributed by atoms with Crippen LogP contribution in [0.1, 0.15) is 10.1 Å². The summed E-state index contributed by atoms with van der Waals surface area (Å²) in [6, 6.07) is 11.7. The normalized spacial score (nSPS) is 14.1. The molecule has 0 aliphatic carbocycles. The highest BCUT2D eigenvalue weighted by Crippen LogP contribution is 2.47. The summed E-state index contributed by atoms with van der Waals surface area (Å²) in [5.74, 6) is 2.88. The fraction of sp³-hybridized carbons (Fsp3) is 0.278. The second kappa shape index (κ2) is 9.38. The molecule has 0 radical (unpaired) electrons. The van der Waals surface area contributed by atoms with Gasteiger partial charge in [0.1, 0.15) is 0 Å². The zero-order valence-electron chi connectivity index (χ0n) is 14.5. The van der Waals surface area contributed by atoms with Crippen LogP contribution in [0.25, 0.3) is 0 Å². The van der Waals surface area contributed by atoms with Crippen LogP contribution in [0.4, 0.5) is 5.69 Å². The van der Waals surface area contributed by atoms with Crippen LogP contribution in [0, 0.1) is 10.1 Å². The van der Waals surface area contributed by atoms with E-state index in [4.69, 9.17) is 9.47 Å². The zero-order valence-corrected chi connectivity index (χ0v) is 16.9. The minimum absolute atomic E-state index is 0.0188. The molecule has 1 aliphatic rings. The summed E-state index contributed by atoms with van der Waals surface area (Å²) < 4.78 is 11.2. The number of non-ortho nitro benzene ring substituents is 1. The van der Waals surface area contributed by atoms with Crippen LogP contribution in [-0.4, -0.2) is 35.3 Å². The molecule has 3 rings (SSSR count). The standard InChI is InChI=1S/C18H17NO5S3/c1-23-16-10-12(18-25-8-9-26-18)2-7-15(16)24-17(20)11-27-14-5-3-13(4-6-14)19(21)22/h2-7,10,18H,8-9,11H2,1H3. The van der Waals surface area contributed by atoms with Crippen molar-refractivity contribution in [2.24, 2.45) is 0 Å². The van der Waals surface area contributed by atoms with Gasteiger partial charge in [-0.2, -0.15) is 0 Å². The lowest BCUT2D eigenvalue weighted by Crippen LogP contribution is -2.11. The zero-order chi connectivity index (χ0) is 19.2. The highest BCUT2D eigenvalue weighted by atomic mass is 32.2. The first-order valence-electron chi connectivity index (χ1n) is 8.06. The molecule has 1 heterocycles. The molecule has 27 heavy (non-hydrogen) atoms. The quantitative estimate of drug-likeness (QED) is 0.207. The van der Waals surface area contributed by atoms with Gasteiger partial charge in [-0.1, -0.05) is 6.07 Å². The van der Waals surface area contributed by atoms with E-state index in [1.54, 1.807) is 25.3 Å². The van der Waals surface area contributed by atoms with E-state index in [-0.39, 0.29) is 11.4 Å². The van der Waals surface area contributed by atoms with E-state index in [1.165, 1.54) is 23.9 Å². The lowest BCUT2D eigenvalue weighted by Gasteiger charge is -2.13. The van der Waals surface area contributed by atoms with Gasteiger partial charge in [-0.05, 0) is 29.8 Å². The van der Waals surface area contributed by atoms with E-state index in [2.05, 4.69) is 0 Å². The molecule has 6 nitrogen and oxygen atoms in total. The van der Waals surface area contributed by atoms with Crippen LogP contribution in [-0.2, 0) is 4.79 Å². The Morgan fingerprint density at radius 1 is 1.19 bits per heavy atom. The van der Waals surface area contributed by atoms with Gasteiger partial charge in [0.25, 0.3) is 5.69 Å². The van der Waals surface area contributed by atoms with Gasteiger partial charge in [-0.15, -0.1) is 35.3 Å². The fourth-order valence-corrected chi connectivity index (χ4v) is 5.93. The Morgan fingerprint density at radius 3 is 2.52 bits per heavy atom. The van der Waals surface area contributed by atoms with E-state index < -0.39 is 10.9 Å². The minimum atomic E-state index is -0.457. The number of benzene rings is 2. The van der Waals surface area contributed by atoms with Crippen LogP contribution in [0.2, 0.25) is 0 Å². The van der Waals surface area contributed by atoms with Crippen LogP contribution >= 0.6 is 35.3 Å². The van der Waals surface area contributed by atoms with Gasteiger partial charge in [0.2, 0.25) is 0 Å². The Morgan fingerprint density at radius 2 is 1.89 bits per heavy atom. The van der Waals surface area contributed by atoms with Gasteiger partial charge < -0.3 is 9.47 Å². The van der Waals surface area contributed by atoms with Gasteiger partial charge >= 0.3 is 5.97 Å². The number of nitro benzene ring substituents is 1. The van der Waals surface area contributed by atoms with Crippen molar-refractivity contribution in [3.8, 4) is 11.5 Å². The number of hydrogen-bond donors (Lipinski definition) is 0. The van der Waals surface area contributed by atoms with Crippen LogP contribution in [0.3, 0.4) is 0 Å². The van der Waals surface area contributed by atoms with Gasteiger partial charge in [0.15, 0.2) is 11.5 Å². The Labute approximate surface area is 169 Å². The van der Waals surface area contributed by atoms with E-state index in [1.807, 2.05) is 35.7 Å². The number of methoxy groups -OCH3 is 1. The third-order valence-electron chi connectivity index (χ3n) is 3.71. The topological polar surface area (TPSA) is 78.7 Å². The maximum Gasteiger partial charge on any atom is 0.321 e. The monoisotopic (exact) mass is 423 g/mol. The van der Waals surface area contributed by atoms with Gasteiger partial charge in [-0.3, -0.25) is 14.9 Å². The lowest BCUT2D eigenvalue weighted by molar-refractivity contribution is -0.384. The summed E-state index contributed by atoms with van der Waals surface area (Å²) in [7, 11) is 1.55. The third kappa shape index (κ3) is 5.33. The molecule has 0 saturated carbocycles. The summed E-state index contributed by atoms with van der Waals surface area (Å²) in [4.78, 5) is 23.1. The van der Waals surface area contributed by atoms with Crippen LogP contribution in [0.5, 0.6) is 11.5 Å². The average Bonchev–Trinajstić information content (AvgIpc) is 3.22. The highest BCUT2D eigenvalue weighted by molar-refractivity contribution is 8.19. The predicted octanol–water partition coefficient (Wildman–Crippen LogP) is 4.78. The molecular weight excluding hydrogens is 406 g/mol. The molecule has 1 saturated heterocycles. The van der Waals surface area contributed by atoms with Crippen molar-refractivity contribution in [1.29, 1.82) is 0 Å². The van der Waals surface area contributed by atoms with Crippen molar-refractivity contribution < 1.29 is 19.2 Å². The van der Waals surface area contributed by atoms with Crippen molar-refractivity contribution in [3.05, 3.63) is 58.1 Å². The van der Waals surface area contributed by atoms with E-state index >= 15 is 0 Å². The summed E-state index contributed by atoms with van der Waals surface area (Å²) in [6.07, 6.45) is 0. The molecule has 142 valence electrons. The molecule has 0 spiro atoms. The molecule has 0 unspecified atom stereocenters. The number of carbonyl (C=O) groups excluding carboxylic acids is 1. The van der Waals surface area contributed by atoms with Crippen molar-refractivity contribution in [2.75, 3.05) is 24.4 Å². The molecular formula is C18H17NO5S3. The second-order valence-corrected chi connectivity index (χ2v) is 9.27. The first-order chi connectivity index (χ1) is 13.1. The first-order valence-corrected chi connectivity index (χ1v) is 11.1. The maximum atomic E-state index is 12.2. The van der Waals surface area contributed by atoms with Crippen molar-refractivity contribution in [2.45, 2.75) is 9.48 Å². The van der Waals surface area contributed by atoms with E-state index in [0.29, 0.717) is 16.1 Å². The Bertz CT molecular complexity index is 822. The molecule has 2 aromatic rings. The molecule has 0 N–H and O–H groups in total. The molecule has 2 aromatic carbocycles. The van der Waals surface area contributed by atoms with Gasteiger partial charge in [-0.25, -0.2) is 0 Å². The molecule has 1 fully saturated rings. The van der Waals surface area contributed by atoms with Crippen LogP contribution in [0.15, 0.2) is 47.4 Å². The van der Waals surface area contributed by atoms with Crippen molar-refractivity contribution in [3.63, 3.8) is 0 Å². The maximum absolute atomic E-state index is 12.2. The Balaban J connectivity index is 1.59. The number of nitro groups is 1. The lowest BCUT2D eigenvalue weighted by atomic mass is 10.2. The predicted molar refractivity (Wildman–Crippen MR) is 110 cm³/mol. The number of rotatable bonds is 7. The van der Waals surface area contributed by atoms with Crippen molar-refractivity contribution in [1.82, 2.24) is 0 Å². The Kier molecular flexibility index (Phi) is 6.92. The number of nitrogens with zero attached hydrogens (tertiary/aromatic N) is 1. The summed E-state index contributed by atoms with van der Waals surface area (Å²) in [5, 5.41) is 10.7. The molecule has 1 aliphatic heterocycles.